The van der Waals surface area contributed by atoms with Crippen molar-refractivity contribution in [2.45, 2.75) is 66.1 Å². The molecule has 1 aliphatic carbocycles. The van der Waals surface area contributed by atoms with Crippen LogP contribution in [0.3, 0.4) is 0 Å². The summed E-state index contributed by atoms with van der Waals surface area (Å²) >= 11 is 0. The first-order chi connectivity index (χ1) is 10.6. The summed E-state index contributed by atoms with van der Waals surface area (Å²) in [4.78, 5) is 26.1. The first-order valence-electron chi connectivity index (χ1n) is 8.79. The molecule has 132 valence electrons. The van der Waals surface area contributed by atoms with Crippen molar-refractivity contribution in [3.8, 4) is 0 Å². The van der Waals surface area contributed by atoms with E-state index in [9.17, 15) is 14.0 Å². The molecular formula is C18H31FN2O2. The molecule has 1 heterocycles. The zero-order chi connectivity index (χ0) is 17.4. The van der Waals surface area contributed by atoms with Crippen molar-refractivity contribution in [2.24, 2.45) is 23.2 Å². The predicted octanol–water partition coefficient (Wildman–Crippen LogP) is 2.77. The van der Waals surface area contributed by atoms with E-state index in [1.54, 1.807) is 13.8 Å². The Labute approximate surface area is 139 Å². The lowest BCUT2D eigenvalue weighted by Crippen LogP contribution is -2.41. The second-order valence-electron chi connectivity index (χ2n) is 8.88. The molecular weight excluding hydrogens is 295 g/mol. The number of fused-ring (bicyclic) bond motifs is 1. The Morgan fingerprint density at radius 3 is 2.13 bits per heavy atom. The lowest BCUT2D eigenvalue weighted by Gasteiger charge is -2.24. The zero-order valence-corrected chi connectivity index (χ0v) is 15.1. The van der Waals surface area contributed by atoms with Gasteiger partial charge in [0.2, 0.25) is 5.91 Å². The number of amides is 2. The Morgan fingerprint density at radius 2 is 1.70 bits per heavy atom. The number of carbonyl (C=O) groups excluding carboxylic acids is 2. The number of carbonyl (C=O) groups is 2. The van der Waals surface area contributed by atoms with Gasteiger partial charge >= 0.3 is 0 Å². The molecule has 0 bridgehead atoms. The minimum Gasteiger partial charge on any atom is -0.351 e. The number of nitrogens with one attached hydrogen (secondary N) is 1. The van der Waals surface area contributed by atoms with Gasteiger partial charge in [-0.05, 0) is 36.0 Å². The Kier molecular flexibility index (Phi) is 5.37. The van der Waals surface area contributed by atoms with Gasteiger partial charge in [0.1, 0.15) is 0 Å². The third-order valence-electron chi connectivity index (χ3n) is 4.97. The number of halogens is 1. The summed E-state index contributed by atoms with van der Waals surface area (Å²) < 4.78 is 13.7. The van der Waals surface area contributed by atoms with E-state index in [0.717, 1.165) is 25.9 Å². The van der Waals surface area contributed by atoms with Gasteiger partial charge in [-0.15, -0.1) is 0 Å². The van der Waals surface area contributed by atoms with Crippen LogP contribution < -0.4 is 5.32 Å². The van der Waals surface area contributed by atoms with Crippen LogP contribution in [-0.2, 0) is 9.59 Å². The molecule has 5 heteroatoms. The predicted molar refractivity (Wildman–Crippen MR) is 88.5 cm³/mol. The van der Waals surface area contributed by atoms with Crippen LogP contribution in [0.5, 0.6) is 0 Å². The van der Waals surface area contributed by atoms with Gasteiger partial charge in [0, 0.05) is 25.6 Å². The molecule has 23 heavy (non-hydrogen) atoms. The highest BCUT2D eigenvalue weighted by Crippen LogP contribution is 2.39. The zero-order valence-electron chi connectivity index (χ0n) is 15.1. The third-order valence-corrected chi connectivity index (χ3v) is 4.97. The minimum absolute atomic E-state index is 0.0122. The molecule has 0 spiro atoms. The standard InChI is InChI=1S/C18H31FN2O2/c1-11(2)16(19)17(23)20-14-6-12-9-21(10-13(12)7-14)15(22)8-18(3,4)5/h11-14,16H,6-10H2,1-5H3,(H,20,23). The third kappa shape index (κ3) is 4.67. The molecule has 1 N–H and O–H groups in total. The maximum atomic E-state index is 13.7. The largest absolute Gasteiger partial charge is 0.351 e. The van der Waals surface area contributed by atoms with E-state index in [1.807, 2.05) is 4.90 Å². The number of alkyl halides is 1. The molecule has 1 saturated heterocycles. The normalized spacial score (nSPS) is 28.8. The SMILES string of the molecule is CC(C)C(F)C(=O)NC1CC2CN(C(=O)CC(C)(C)C)CC2C1. The van der Waals surface area contributed by atoms with E-state index in [2.05, 4.69) is 26.1 Å². The fourth-order valence-electron chi connectivity index (χ4n) is 3.77. The number of rotatable bonds is 4. The Balaban J connectivity index is 1.81. The quantitative estimate of drug-likeness (QED) is 0.863. The summed E-state index contributed by atoms with van der Waals surface area (Å²) in [6, 6.07) is 0.0642. The van der Waals surface area contributed by atoms with Crippen molar-refractivity contribution in [1.29, 1.82) is 0 Å². The Bertz CT molecular complexity index is 444. The number of nitrogens with zero attached hydrogens (tertiary/aromatic N) is 1. The Morgan fingerprint density at radius 1 is 1.17 bits per heavy atom. The van der Waals surface area contributed by atoms with Crippen LogP contribution in [0.25, 0.3) is 0 Å². The molecule has 2 rings (SSSR count). The maximum Gasteiger partial charge on any atom is 0.255 e. The molecule has 2 aliphatic rings. The monoisotopic (exact) mass is 326 g/mol. The molecule has 2 fully saturated rings. The molecule has 3 unspecified atom stereocenters. The second-order valence-corrected chi connectivity index (χ2v) is 8.88. The van der Waals surface area contributed by atoms with Gasteiger partial charge in [-0.3, -0.25) is 9.59 Å². The van der Waals surface area contributed by atoms with E-state index in [4.69, 9.17) is 0 Å². The van der Waals surface area contributed by atoms with Crippen molar-refractivity contribution < 1.29 is 14.0 Å². The van der Waals surface area contributed by atoms with E-state index in [1.165, 1.54) is 0 Å². The van der Waals surface area contributed by atoms with Gasteiger partial charge in [0.25, 0.3) is 5.91 Å². The van der Waals surface area contributed by atoms with Gasteiger partial charge in [-0.25, -0.2) is 4.39 Å². The van der Waals surface area contributed by atoms with Crippen molar-refractivity contribution in [3.05, 3.63) is 0 Å². The van der Waals surface area contributed by atoms with Gasteiger partial charge in [0.15, 0.2) is 6.17 Å². The smallest absolute Gasteiger partial charge is 0.255 e. The molecule has 1 saturated carbocycles. The molecule has 0 aromatic carbocycles. The first kappa shape index (κ1) is 18.2. The van der Waals surface area contributed by atoms with Crippen LogP contribution in [0.2, 0.25) is 0 Å². The van der Waals surface area contributed by atoms with Crippen LogP contribution in [0, 0.1) is 23.2 Å². The van der Waals surface area contributed by atoms with Crippen LogP contribution in [0.1, 0.15) is 53.9 Å². The maximum absolute atomic E-state index is 13.7. The van der Waals surface area contributed by atoms with Crippen LogP contribution >= 0.6 is 0 Å². The fourth-order valence-corrected chi connectivity index (χ4v) is 3.77. The molecule has 2 amide bonds. The van der Waals surface area contributed by atoms with Crippen molar-refractivity contribution >= 4 is 11.8 Å². The number of likely N-dealkylation sites (tertiary alicyclic amines) is 1. The average Bonchev–Trinajstić information content (AvgIpc) is 2.93. The summed E-state index contributed by atoms with van der Waals surface area (Å²) in [6.45, 7) is 11.2. The number of hydrogen-bond acceptors (Lipinski definition) is 2. The summed E-state index contributed by atoms with van der Waals surface area (Å²) in [5, 5.41) is 2.85. The van der Waals surface area contributed by atoms with Gasteiger partial charge in [0.05, 0.1) is 0 Å². The van der Waals surface area contributed by atoms with Crippen LogP contribution in [0.4, 0.5) is 4.39 Å². The average molecular weight is 326 g/mol. The molecule has 0 aromatic heterocycles. The summed E-state index contributed by atoms with van der Waals surface area (Å²) in [5.41, 5.74) is 0.0122. The second kappa shape index (κ2) is 6.78. The minimum atomic E-state index is -1.43. The lowest BCUT2D eigenvalue weighted by atomic mass is 9.91. The highest BCUT2D eigenvalue weighted by molar-refractivity contribution is 5.81. The van der Waals surface area contributed by atoms with E-state index in [-0.39, 0.29) is 23.3 Å². The first-order valence-corrected chi connectivity index (χ1v) is 8.79. The van der Waals surface area contributed by atoms with Gasteiger partial charge < -0.3 is 10.2 Å². The molecule has 1 aliphatic heterocycles. The highest BCUT2D eigenvalue weighted by atomic mass is 19.1. The summed E-state index contributed by atoms with van der Waals surface area (Å²) in [5.74, 6) is 0.353. The van der Waals surface area contributed by atoms with Crippen LogP contribution in [0.15, 0.2) is 0 Å². The van der Waals surface area contributed by atoms with Gasteiger partial charge in [-0.2, -0.15) is 0 Å². The lowest BCUT2D eigenvalue weighted by molar-refractivity contribution is -0.132. The molecule has 4 nitrogen and oxygen atoms in total. The van der Waals surface area contributed by atoms with Crippen molar-refractivity contribution in [3.63, 3.8) is 0 Å². The molecule has 3 atom stereocenters. The highest BCUT2D eigenvalue weighted by Gasteiger charge is 2.43. The van der Waals surface area contributed by atoms with E-state index in [0.29, 0.717) is 18.3 Å². The molecule has 0 radical (unpaired) electrons. The Hall–Kier alpha value is -1.13. The van der Waals surface area contributed by atoms with Crippen molar-refractivity contribution in [1.82, 2.24) is 10.2 Å². The van der Waals surface area contributed by atoms with Crippen molar-refractivity contribution in [2.75, 3.05) is 13.1 Å². The number of hydrogen-bond donors (Lipinski definition) is 1. The summed E-state index contributed by atoms with van der Waals surface area (Å²) in [6.07, 6.45) is 0.867. The van der Waals surface area contributed by atoms with E-state index < -0.39 is 12.1 Å². The summed E-state index contributed by atoms with van der Waals surface area (Å²) in [7, 11) is 0. The molecule has 0 aromatic rings. The van der Waals surface area contributed by atoms with E-state index >= 15 is 0 Å². The fraction of sp³-hybridized carbons (Fsp3) is 0.889. The topological polar surface area (TPSA) is 49.4 Å². The van der Waals surface area contributed by atoms with Gasteiger partial charge in [-0.1, -0.05) is 34.6 Å². The van der Waals surface area contributed by atoms with Crippen LogP contribution in [-0.4, -0.2) is 42.0 Å².